The van der Waals surface area contributed by atoms with Crippen molar-refractivity contribution in [2.45, 2.75) is 45.8 Å². The van der Waals surface area contributed by atoms with Crippen LogP contribution in [0.3, 0.4) is 0 Å². The molecule has 2 aromatic carbocycles. The first kappa shape index (κ1) is 22.6. The van der Waals surface area contributed by atoms with E-state index >= 15 is 0 Å². The van der Waals surface area contributed by atoms with Crippen molar-refractivity contribution in [3.8, 4) is 5.75 Å². The van der Waals surface area contributed by atoms with Crippen LogP contribution in [0.15, 0.2) is 59.2 Å². The van der Waals surface area contributed by atoms with Gasteiger partial charge >= 0.3 is 0 Å². The number of amides is 2. The number of rotatable bonds is 8. The molecule has 0 aliphatic carbocycles. The van der Waals surface area contributed by atoms with Crippen LogP contribution in [0.2, 0.25) is 0 Å². The molecule has 7 heteroatoms. The molecule has 2 heterocycles. The number of nitrogens with zero attached hydrogens (tertiary/aromatic N) is 2. The second kappa shape index (κ2) is 10.3. The molecule has 33 heavy (non-hydrogen) atoms. The summed E-state index contributed by atoms with van der Waals surface area (Å²) in [7, 11) is 0. The highest BCUT2D eigenvalue weighted by molar-refractivity contribution is 5.91. The van der Waals surface area contributed by atoms with Gasteiger partial charge in [-0.15, -0.1) is 0 Å². The fraction of sp³-hybridized carbons (Fsp3) is 0.346. The maximum atomic E-state index is 12.7. The largest absolute Gasteiger partial charge is 0.484 e. The molecular formula is C26H29N3O4. The van der Waals surface area contributed by atoms with Gasteiger partial charge in [0, 0.05) is 19.5 Å². The molecule has 1 aliphatic rings. The molecule has 0 bridgehead atoms. The van der Waals surface area contributed by atoms with E-state index in [1.165, 1.54) is 11.8 Å². The van der Waals surface area contributed by atoms with Crippen LogP contribution in [0.4, 0.5) is 0 Å². The van der Waals surface area contributed by atoms with Gasteiger partial charge in [-0.1, -0.05) is 50.2 Å². The van der Waals surface area contributed by atoms with Crippen LogP contribution < -0.4 is 10.1 Å². The third-order valence-electron chi connectivity index (χ3n) is 5.77. The minimum Gasteiger partial charge on any atom is -0.484 e. The SMILES string of the molecule is CCCNC(=O)c1coc(COc2ccc3c(c2)C(c2ccccc2)N(C(=O)CC)CC3)n1. The Morgan fingerprint density at radius 1 is 1.18 bits per heavy atom. The molecule has 0 spiro atoms. The summed E-state index contributed by atoms with van der Waals surface area (Å²) in [5, 5.41) is 2.77. The molecule has 1 unspecified atom stereocenters. The predicted octanol–water partition coefficient (Wildman–Crippen LogP) is 4.28. The fourth-order valence-corrected chi connectivity index (χ4v) is 4.11. The Labute approximate surface area is 193 Å². The maximum absolute atomic E-state index is 12.7. The molecule has 0 saturated heterocycles. The third-order valence-corrected chi connectivity index (χ3v) is 5.77. The number of benzene rings is 2. The molecule has 1 aromatic heterocycles. The lowest BCUT2D eigenvalue weighted by atomic mass is 9.87. The van der Waals surface area contributed by atoms with Crippen LogP contribution in [0, 0.1) is 0 Å². The van der Waals surface area contributed by atoms with Crippen molar-refractivity contribution < 1.29 is 18.7 Å². The van der Waals surface area contributed by atoms with E-state index < -0.39 is 0 Å². The molecule has 1 atom stereocenters. The molecule has 3 aromatic rings. The molecule has 0 radical (unpaired) electrons. The number of aromatic nitrogens is 1. The normalized spacial score (nSPS) is 15.1. The second-order valence-electron chi connectivity index (χ2n) is 8.04. The first-order valence-electron chi connectivity index (χ1n) is 11.4. The van der Waals surface area contributed by atoms with Gasteiger partial charge in [0.05, 0.1) is 6.04 Å². The van der Waals surface area contributed by atoms with E-state index in [1.54, 1.807) is 0 Å². The van der Waals surface area contributed by atoms with Gasteiger partial charge in [-0.3, -0.25) is 9.59 Å². The van der Waals surface area contributed by atoms with Crippen molar-refractivity contribution in [3.05, 3.63) is 83.1 Å². The second-order valence-corrected chi connectivity index (χ2v) is 8.04. The summed E-state index contributed by atoms with van der Waals surface area (Å²) >= 11 is 0. The molecular weight excluding hydrogens is 418 g/mol. The topological polar surface area (TPSA) is 84.7 Å². The zero-order chi connectivity index (χ0) is 23.2. The smallest absolute Gasteiger partial charge is 0.273 e. The van der Waals surface area contributed by atoms with Crippen molar-refractivity contribution in [1.29, 1.82) is 0 Å². The Balaban J connectivity index is 1.54. The van der Waals surface area contributed by atoms with Crippen LogP contribution in [0.1, 0.15) is 65.8 Å². The number of carbonyl (C=O) groups is 2. The molecule has 0 fully saturated rings. The summed E-state index contributed by atoms with van der Waals surface area (Å²) in [5.74, 6) is 0.869. The van der Waals surface area contributed by atoms with Gasteiger partial charge in [0.25, 0.3) is 5.91 Å². The maximum Gasteiger partial charge on any atom is 0.273 e. The number of oxazole rings is 1. The van der Waals surface area contributed by atoms with Crippen LogP contribution in [0.25, 0.3) is 0 Å². The molecule has 1 aliphatic heterocycles. The van der Waals surface area contributed by atoms with Crippen molar-refractivity contribution in [3.63, 3.8) is 0 Å². The average molecular weight is 448 g/mol. The first-order valence-corrected chi connectivity index (χ1v) is 11.4. The summed E-state index contributed by atoms with van der Waals surface area (Å²) in [5.41, 5.74) is 3.60. The average Bonchev–Trinajstić information content (AvgIpc) is 3.34. The van der Waals surface area contributed by atoms with E-state index in [0.717, 1.165) is 24.0 Å². The van der Waals surface area contributed by atoms with Crippen molar-refractivity contribution in [2.75, 3.05) is 13.1 Å². The van der Waals surface area contributed by atoms with Gasteiger partial charge in [-0.25, -0.2) is 4.98 Å². The summed E-state index contributed by atoms with van der Waals surface area (Å²) in [6.07, 6.45) is 3.47. The summed E-state index contributed by atoms with van der Waals surface area (Å²) in [6, 6.07) is 15.9. The summed E-state index contributed by atoms with van der Waals surface area (Å²) in [4.78, 5) is 30.9. The Kier molecular flexibility index (Phi) is 7.07. The number of nitrogens with one attached hydrogen (secondary N) is 1. The summed E-state index contributed by atoms with van der Waals surface area (Å²) in [6.45, 7) is 5.27. The fourth-order valence-electron chi connectivity index (χ4n) is 4.11. The van der Waals surface area contributed by atoms with Gasteiger partial charge in [0.2, 0.25) is 11.8 Å². The standard InChI is InChI=1S/C26H29N3O4/c1-3-13-27-26(31)22-16-33-23(28-22)17-32-20-11-10-18-12-14-29(24(30)4-2)25(21(18)15-20)19-8-6-5-7-9-19/h5-11,15-16,25H,3-4,12-14,17H2,1-2H3,(H,27,31). The van der Waals surface area contributed by atoms with Crippen molar-refractivity contribution in [2.24, 2.45) is 0 Å². The molecule has 2 amide bonds. The van der Waals surface area contributed by atoms with Gasteiger partial charge < -0.3 is 19.4 Å². The number of hydrogen-bond acceptors (Lipinski definition) is 5. The summed E-state index contributed by atoms with van der Waals surface area (Å²) < 4.78 is 11.4. The van der Waals surface area contributed by atoms with Gasteiger partial charge in [0.1, 0.15) is 12.0 Å². The zero-order valence-corrected chi connectivity index (χ0v) is 19.0. The monoisotopic (exact) mass is 447 g/mol. The minimum atomic E-state index is -0.257. The predicted molar refractivity (Wildman–Crippen MR) is 124 cm³/mol. The van der Waals surface area contributed by atoms with Crippen LogP contribution in [-0.4, -0.2) is 34.8 Å². The van der Waals surface area contributed by atoms with Crippen molar-refractivity contribution in [1.82, 2.24) is 15.2 Å². The van der Waals surface area contributed by atoms with Crippen LogP contribution in [0.5, 0.6) is 5.75 Å². The highest BCUT2D eigenvalue weighted by Gasteiger charge is 2.31. The minimum absolute atomic E-state index is 0.105. The van der Waals surface area contributed by atoms with E-state index in [-0.39, 0.29) is 30.2 Å². The van der Waals surface area contributed by atoms with Gasteiger partial charge in [0.15, 0.2) is 12.3 Å². The van der Waals surface area contributed by atoms with Gasteiger partial charge in [-0.2, -0.15) is 0 Å². The molecule has 1 N–H and O–H groups in total. The molecule has 7 nitrogen and oxygen atoms in total. The lowest BCUT2D eigenvalue weighted by Gasteiger charge is -2.38. The van der Waals surface area contributed by atoms with E-state index in [2.05, 4.69) is 28.5 Å². The molecule has 4 rings (SSSR count). The molecule has 0 saturated carbocycles. The number of fused-ring (bicyclic) bond motifs is 1. The van der Waals surface area contributed by atoms with Crippen LogP contribution >= 0.6 is 0 Å². The molecule has 172 valence electrons. The quantitative estimate of drug-likeness (QED) is 0.557. The Hall–Kier alpha value is -3.61. The highest BCUT2D eigenvalue weighted by atomic mass is 16.5. The number of hydrogen-bond donors (Lipinski definition) is 1. The van der Waals surface area contributed by atoms with Gasteiger partial charge in [-0.05, 0) is 41.7 Å². The number of carbonyl (C=O) groups excluding carboxylic acids is 2. The van der Waals surface area contributed by atoms with E-state index in [1.807, 2.05) is 49.1 Å². The Morgan fingerprint density at radius 2 is 2.00 bits per heavy atom. The third kappa shape index (κ3) is 5.08. The highest BCUT2D eigenvalue weighted by Crippen LogP contribution is 2.37. The Morgan fingerprint density at radius 3 is 2.76 bits per heavy atom. The lowest BCUT2D eigenvalue weighted by molar-refractivity contribution is -0.132. The van der Waals surface area contributed by atoms with Crippen LogP contribution in [-0.2, 0) is 17.8 Å². The number of ether oxygens (including phenoxy) is 1. The van der Waals surface area contributed by atoms with E-state index in [4.69, 9.17) is 9.15 Å². The zero-order valence-electron chi connectivity index (χ0n) is 19.0. The Bertz CT molecular complexity index is 1110. The van der Waals surface area contributed by atoms with Crippen molar-refractivity contribution >= 4 is 11.8 Å². The van der Waals surface area contributed by atoms with E-state index in [0.29, 0.717) is 31.2 Å². The van der Waals surface area contributed by atoms with E-state index in [9.17, 15) is 9.59 Å². The first-order chi connectivity index (χ1) is 16.1. The lowest BCUT2D eigenvalue weighted by Crippen LogP contribution is -2.40.